The van der Waals surface area contributed by atoms with Gasteiger partial charge in [-0.25, -0.2) is 0 Å². The first-order valence-electron chi connectivity index (χ1n) is 9.52. The summed E-state index contributed by atoms with van der Waals surface area (Å²) in [4.78, 5) is 26.7. The Hall–Kier alpha value is -3.02. The summed E-state index contributed by atoms with van der Waals surface area (Å²) in [6.07, 6.45) is 0.884. The number of nitrogens with one attached hydrogen (secondary N) is 1. The molecule has 0 spiro atoms. The average Bonchev–Trinajstić information content (AvgIpc) is 2.75. The van der Waals surface area contributed by atoms with Gasteiger partial charge in [-0.2, -0.15) is 0 Å². The molecule has 2 amide bonds. The Bertz CT molecular complexity index is 823. The third kappa shape index (κ3) is 4.82. The molecule has 0 aliphatic carbocycles. The lowest BCUT2D eigenvalue weighted by atomic mass is 10.1. The minimum Gasteiger partial charge on any atom is -0.486 e. The van der Waals surface area contributed by atoms with Crippen molar-refractivity contribution in [2.24, 2.45) is 0 Å². The lowest BCUT2D eigenvalue weighted by Gasteiger charge is -2.28. The second-order valence-electron chi connectivity index (χ2n) is 6.78. The van der Waals surface area contributed by atoms with Crippen LogP contribution in [0.3, 0.4) is 0 Å². The van der Waals surface area contributed by atoms with Crippen LogP contribution in [0, 0.1) is 0 Å². The van der Waals surface area contributed by atoms with E-state index < -0.39 is 6.04 Å². The Kier molecular flexibility index (Phi) is 6.53. The fraction of sp³-hybridized carbons (Fsp3) is 0.364. The van der Waals surface area contributed by atoms with Crippen molar-refractivity contribution in [3.8, 4) is 11.5 Å². The highest BCUT2D eigenvalue weighted by atomic mass is 16.6. The number of nitrogens with zero attached hydrogens (tertiary/aromatic N) is 1. The molecule has 3 rings (SSSR count). The Labute approximate surface area is 165 Å². The molecule has 0 bridgehead atoms. The normalized spacial score (nSPS) is 13.5. The zero-order valence-electron chi connectivity index (χ0n) is 16.3. The molecule has 1 aliphatic rings. The fourth-order valence-corrected chi connectivity index (χ4v) is 3.21. The molecular weight excluding hydrogens is 356 g/mol. The monoisotopic (exact) mass is 382 g/mol. The summed E-state index contributed by atoms with van der Waals surface area (Å²) in [7, 11) is 1.58. The van der Waals surface area contributed by atoms with E-state index in [2.05, 4.69) is 5.32 Å². The highest BCUT2D eigenvalue weighted by molar-refractivity contribution is 5.87. The average molecular weight is 382 g/mol. The number of ether oxygens (including phenoxy) is 2. The third-order valence-electron chi connectivity index (χ3n) is 4.84. The van der Waals surface area contributed by atoms with Crippen molar-refractivity contribution in [3.05, 3.63) is 59.7 Å². The lowest BCUT2D eigenvalue weighted by Crippen LogP contribution is -2.46. The number of fused-ring (bicyclic) bond motifs is 1. The quantitative estimate of drug-likeness (QED) is 0.799. The van der Waals surface area contributed by atoms with Crippen LogP contribution in [-0.4, -0.2) is 43.0 Å². The van der Waals surface area contributed by atoms with E-state index in [1.807, 2.05) is 48.5 Å². The van der Waals surface area contributed by atoms with E-state index >= 15 is 0 Å². The van der Waals surface area contributed by atoms with Gasteiger partial charge in [-0.05, 0) is 36.6 Å². The molecule has 0 unspecified atom stereocenters. The lowest BCUT2D eigenvalue weighted by molar-refractivity contribution is -0.140. The maximum atomic E-state index is 13.0. The molecule has 2 aromatic carbocycles. The predicted molar refractivity (Wildman–Crippen MR) is 106 cm³/mol. The van der Waals surface area contributed by atoms with Gasteiger partial charge in [0.25, 0.3) is 0 Å². The number of hydrogen-bond acceptors (Lipinski definition) is 4. The molecule has 1 heterocycles. The summed E-state index contributed by atoms with van der Waals surface area (Å²) in [5, 5.41) is 2.63. The molecule has 0 saturated carbocycles. The highest BCUT2D eigenvalue weighted by Crippen LogP contribution is 2.31. The number of benzene rings is 2. The standard InChI is InChI=1S/C22H26N2O4/c1-16(22(26)23-2)24(15-18-6-4-3-5-7-18)21(25)11-9-17-8-10-19-20(14-17)28-13-12-27-19/h3-8,10,14,16H,9,11-13,15H2,1-2H3,(H,23,26)/t16-/m1/s1. The van der Waals surface area contributed by atoms with E-state index in [0.717, 1.165) is 22.6 Å². The Morgan fingerprint density at radius 2 is 1.75 bits per heavy atom. The van der Waals surface area contributed by atoms with Gasteiger partial charge in [0.15, 0.2) is 11.5 Å². The van der Waals surface area contributed by atoms with Crippen LogP contribution in [0.2, 0.25) is 0 Å². The van der Waals surface area contributed by atoms with Crippen LogP contribution in [0.1, 0.15) is 24.5 Å². The first-order chi connectivity index (χ1) is 13.6. The van der Waals surface area contributed by atoms with Gasteiger partial charge in [0.1, 0.15) is 19.3 Å². The van der Waals surface area contributed by atoms with Crippen LogP contribution in [-0.2, 0) is 22.6 Å². The molecule has 28 heavy (non-hydrogen) atoms. The Balaban J connectivity index is 1.69. The smallest absolute Gasteiger partial charge is 0.242 e. The van der Waals surface area contributed by atoms with Crippen molar-refractivity contribution >= 4 is 11.8 Å². The van der Waals surface area contributed by atoms with E-state index in [4.69, 9.17) is 9.47 Å². The molecule has 1 atom stereocenters. The van der Waals surface area contributed by atoms with Gasteiger partial charge >= 0.3 is 0 Å². The molecule has 148 valence electrons. The number of carbonyl (C=O) groups is 2. The van der Waals surface area contributed by atoms with Gasteiger partial charge in [-0.3, -0.25) is 9.59 Å². The van der Waals surface area contributed by atoms with E-state index in [1.54, 1.807) is 18.9 Å². The molecule has 1 N–H and O–H groups in total. The van der Waals surface area contributed by atoms with Crippen LogP contribution < -0.4 is 14.8 Å². The number of rotatable bonds is 7. The molecule has 0 radical (unpaired) electrons. The molecule has 6 nitrogen and oxygen atoms in total. The number of carbonyl (C=O) groups excluding carboxylic acids is 2. The number of hydrogen-bond donors (Lipinski definition) is 1. The molecule has 6 heteroatoms. The van der Waals surface area contributed by atoms with Gasteiger partial charge in [0.2, 0.25) is 11.8 Å². The summed E-state index contributed by atoms with van der Waals surface area (Å²) in [5.41, 5.74) is 2.00. The minimum atomic E-state index is -0.544. The van der Waals surface area contributed by atoms with Gasteiger partial charge in [0, 0.05) is 20.0 Å². The first-order valence-corrected chi connectivity index (χ1v) is 9.52. The predicted octanol–water partition coefficient (Wildman–Crippen LogP) is 2.55. The maximum Gasteiger partial charge on any atom is 0.242 e. The number of likely N-dealkylation sites (N-methyl/N-ethyl adjacent to an activating group) is 1. The zero-order chi connectivity index (χ0) is 19.9. The Morgan fingerprint density at radius 3 is 2.46 bits per heavy atom. The molecule has 0 saturated heterocycles. The van der Waals surface area contributed by atoms with Crippen LogP contribution in [0.5, 0.6) is 11.5 Å². The summed E-state index contributed by atoms with van der Waals surface area (Å²) in [5.74, 6) is 1.22. The summed E-state index contributed by atoms with van der Waals surface area (Å²) in [6, 6.07) is 14.9. The van der Waals surface area contributed by atoms with E-state index in [9.17, 15) is 9.59 Å². The molecule has 1 aliphatic heterocycles. The largest absolute Gasteiger partial charge is 0.486 e. The molecule has 2 aromatic rings. The summed E-state index contributed by atoms with van der Waals surface area (Å²) in [6.45, 7) is 3.24. The van der Waals surface area contributed by atoms with Crippen LogP contribution >= 0.6 is 0 Å². The highest BCUT2D eigenvalue weighted by Gasteiger charge is 2.25. The first kappa shape index (κ1) is 19.7. The van der Waals surface area contributed by atoms with Crippen molar-refractivity contribution in [1.29, 1.82) is 0 Å². The second kappa shape index (κ2) is 9.26. The zero-order valence-corrected chi connectivity index (χ0v) is 16.3. The second-order valence-corrected chi connectivity index (χ2v) is 6.78. The van der Waals surface area contributed by atoms with Gasteiger partial charge in [0.05, 0.1) is 0 Å². The van der Waals surface area contributed by atoms with Gasteiger partial charge in [-0.15, -0.1) is 0 Å². The van der Waals surface area contributed by atoms with Gasteiger partial charge in [-0.1, -0.05) is 36.4 Å². The van der Waals surface area contributed by atoms with Crippen molar-refractivity contribution in [2.75, 3.05) is 20.3 Å². The van der Waals surface area contributed by atoms with Crippen molar-refractivity contribution < 1.29 is 19.1 Å². The third-order valence-corrected chi connectivity index (χ3v) is 4.84. The van der Waals surface area contributed by atoms with E-state index in [0.29, 0.717) is 32.6 Å². The van der Waals surface area contributed by atoms with Crippen molar-refractivity contribution in [1.82, 2.24) is 10.2 Å². The topological polar surface area (TPSA) is 67.9 Å². The Morgan fingerprint density at radius 1 is 1.04 bits per heavy atom. The van der Waals surface area contributed by atoms with Crippen LogP contribution in [0.15, 0.2) is 48.5 Å². The van der Waals surface area contributed by atoms with Gasteiger partial charge < -0.3 is 19.7 Å². The number of aryl methyl sites for hydroxylation is 1. The molecule has 0 fully saturated rings. The minimum absolute atomic E-state index is 0.0603. The maximum absolute atomic E-state index is 13.0. The number of amides is 2. The van der Waals surface area contributed by atoms with E-state index in [-0.39, 0.29) is 11.8 Å². The van der Waals surface area contributed by atoms with Crippen molar-refractivity contribution in [3.63, 3.8) is 0 Å². The van der Waals surface area contributed by atoms with E-state index in [1.165, 1.54) is 0 Å². The summed E-state index contributed by atoms with van der Waals surface area (Å²) >= 11 is 0. The fourth-order valence-electron chi connectivity index (χ4n) is 3.21. The van der Waals surface area contributed by atoms with Crippen LogP contribution in [0.25, 0.3) is 0 Å². The summed E-state index contributed by atoms with van der Waals surface area (Å²) < 4.78 is 11.1. The van der Waals surface area contributed by atoms with Crippen molar-refractivity contribution in [2.45, 2.75) is 32.4 Å². The molecular formula is C22H26N2O4. The SMILES string of the molecule is CNC(=O)[C@@H](C)N(Cc1ccccc1)C(=O)CCc1ccc2c(c1)OCCO2. The molecule has 0 aromatic heterocycles. The van der Waals surface area contributed by atoms with Crippen LogP contribution in [0.4, 0.5) is 0 Å².